The molecule has 5 nitrogen and oxygen atoms in total. The number of carbonyl (C=O) groups is 2. The zero-order chi connectivity index (χ0) is 14.6. The second-order valence-electron chi connectivity index (χ2n) is 4.94. The molecule has 0 radical (unpaired) electrons. The van der Waals surface area contributed by atoms with E-state index < -0.39 is 24.2 Å². The summed E-state index contributed by atoms with van der Waals surface area (Å²) in [5.41, 5.74) is -0.323. The molecule has 0 fully saturated rings. The Hall–Kier alpha value is -1.75. The van der Waals surface area contributed by atoms with E-state index in [2.05, 4.69) is 0 Å². The first kappa shape index (κ1) is 15.3. The van der Waals surface area contributed by atoms with Gasteiger partial charge < -0.3 is 9.84 Å². The van der Waals surface area contributed by atoms with E-state index in [0.29, 0.717) is 10.7 Å². The average molecular weight is 286 g/mol. The number of anilines is 1. The predicted molar refractivity (Wildman–Crippen MR) is 72.7 cm³/mol. The first-order chi connectivity index (χ1) is 8.69. The third kappa shape index (κ3) is 5.18. The summed E-state index contributed by atoms with van der Waals surface area (Å²) in [6.45, 7) is 4.64. The fourth-order valence-electron chi connectivity index (χ4n) is 1.36. The van der Waals surface area contributed by atoms with Gasteiger partial charge in [0, 0.05) is 10.7 Å². The second kappa shape index (κ2) is 5.93. The van der Waals surface area contributed by atoms with E-state index in [0.717, 1.165) is 4.90 Å². The Morgan fingerprint density at radius 3 is 2.47 bits per heavy atom. The quantitative estimate of drug-likeness (QED) is 0.926. The SMILES string of the molecule is CC(C)(C)OC(=O)N(CC(=O)O)c1cccc(Cl)c1. The molecule has 0 saturated heterocycles. The Kier molecular flexibility index (Phi) is 4.78. The van der Waals surface area contributed by atoms with Crippen molar-refractivity contribution in [3.8, 4) is 0 Å². The van der Waals surface area contributed by atoms with E-state index in [9.17, 15) is 9.59 Å². The molecule has 0 saturated carbocycles. The van der Waals surface area contributed by atoms with Crippen LogP contribution in [0.25, 0.3) is 0 Å². The summed E-state index contributed by atoms with van der Waals surface area (Å²) in [6.07, 6.45) is -0.725. The van der Waals surface area contributed by atoms with Crippen LogP contribution in [0.5, 0.6) is 0 Å². The number of benzene rings is 1. The molecule has 0 aliphatic carbocycles. The number of hydrogen-bond acceptors (Lipinski definition) is 3. The molecule has 0 aliphatic heterocycles. The molecule has 0 heterocycles. The van der Waals surface area contributed by atoms with Gasteiger partial charge in [0.1, 0.15) is 12.1 Å². The highest BCUT2D eigenvalue weighted by Crippen LogP contribution is 2.21. The number of nitrogens with zero attached hydrogens (tertiary/aromatic N) is 1. The van der Waals surface area contributed by atoms with Crippen molar-refractivity contribution in [3.63, 3.8) is 0 Å². The van der Waals surface area contributed by atoms with E-state index >= 15 is 0 Å². The van der Waals surface area contributed by atoms with Gasteiger partial charge >= 0.3 is 12.1 Å². The number of aliphatic carboxylic acids is 1. The standard InChI is InChI=1S/C13H16ClNO4/c1-13(2,3)19-12(18)15(8-11(16)17)10-6-4-5-9(14)7-10/h4-7H,8H2,1-3H3,(H,16,17). The molecule has 0 bridgehead atoms. The van der Waals surface area contributed by atoms with Crippen molar-refractivity contribution in [3.05, 3.63) is 29.3 Å². The van der Waals surface area contributed by atoms with E-state index in [1.54, 1.807) is 39.0 Å². The second-order valence-corrected chi connectivity index (χ2v) is 5.38. The average Bonchev–Trinajstić information content (AvgIpc) is 2.23. The zero-order valence-electron chi connectivity index (χ0n) is 11.0. The molecular formula is C13H16ClNO4. The minimum atomic E-state index is -1.13. The molecule has 1 aromatic rings. The number of carboxylic acid groups (broad SMARTS) is 1. The molecule has 104 valence electrons. The van der Waals surface area contributed by atoms with Gasteiger partial charge in [0.2, 0.25) is 0 Å². The lowest BCUT2D eigenvalue weighted by atomic mass is 10.2. The molecule has 1 amide bonds. The molecule has 19 heavy (non-hydrogen) atoms. The van der Waals surface area contributed by atoms with E-state index in [-0.39, 0.29) is 0 Å². The molecular weight excluding hydrogens is 270 g/mol. The van der Waals surface area contributed by atoms with Crippen LogP contribution in [0.15, 0.2) is 24.3 Å². The maximum absolute atomic E-state index is 12.0. The van der Waals surface area contributed by atoms with E-state index in [1.807, 2.05) is 0 Å². The normalized spacial score (nSPS) is 10.9. The van der Waals surface area contributed by atoms with Crippen molar-refractivity contribution in [2.45, 2.75) is 26.4 Å². The van der Waals surface area contributed by atoms with Crippen LogP contribution in [-0.2, 0) is 9.53 Å². The number of amides is 1. The van der Waals surface area contributed by atoms with Gasteiger partial charge in [0.25, 0.3) is 0 Å². The van der Waals surface area contributed by atoms with E-state index in [4.69, 9.17) is 21.4 Å². The molecule has 0 spiro atoms. The maximum atomic E-state index is 12.0. The molecule has 0 atom stereocenters. The van der Waals surface area contributed by atoms with Crippen LogP contribution in [0.2, 0.25) is 5.02 Å². The van der Waals surface area contributed by atoms with Gasteiger partial charge in [-0.2, -0.15) is 0 Å². The van der Waals surface area contributed by atoms with Gasteiger partial charge in [-0.05, 0) is 39.0 Å². The Morgan fingerprint density at radius 1 is 1.37 bits per heavy atom. The van der Waals surface area contributed by atoms with Gasteiger partial charge in [-0.15, -0.1) is 0 Å². The lowest BCUT2D eigenvalue weighted by molar-refractivity contribution is -0.135. The fraction of sp³-hybridized carbons (Fsp3) is 0.385. The third-order valence-electron chi connectivity index (χ3n) is 2.03. The van der Waals surface area contributed by atoms with Crippen LogP contribution >= 0.6 is 11.6 Å². The molecule has 1 rings (SSSR count). The van der Waals surface area contributed by atoms with Crippen LogP contribution in [0.1, 0.15) is 20.8 Å². The monoisotopic (exact) mass is 285 g/mol. The first-order valence-corrected chi connectivity index (χ1v) is 6.05. The summed E-state index contributed by atoms with van der Waals surface area (Å²) in [4.78, 5) is 23.9. The summed E-state index contributed by atoms with van der Waals surface area (Å²) >= 11 is 5.84. The predicted octanol–water partition coefficient (Wildman–Crippen LogP) is 3.17. The Labute approximate surface area is 116 Å². The van der Waals surface area contributed by atoms with Crippen molar-refractivity contribution in [1.82, 2.24) is 0 Å². The molecule has 1 N–H and O–H groups in total. The highest BCUT2D eigenvalue weighted by atomic mass is 35.5. The molecule has 6 heteroatoms. The minimum Gasteiger partial charge on any atom is -0.480 e. The van der Waals surface area contributed by atoms with Crippen LogP contribution < -0.4 is 4.90 Å². The van der Waals surface area contributed by atoms with Crippen LogP contribution in [-0.4, -0.2) is 29.3 Å². The topological polar surface area (TPSA) is 66.8 Å². The van der Waals surface area contributed by atoms with E-state index in [1.165, 1.54) is 6.07 Å². The third-order valence-corrected chi connectivity index (χ3v) is 2.26. The van der Waals surface area contributed by atoms with Gasteiger partial charge in [-0.3, -0.25) is 9.69 Å². The summed E-state index contributed by atoms with van der Waals surface area (Å²) < 4.78 is 5.18. The summed E-state index contributed by atoms with van der Waals surface area (Å²) in [7, 11) is 0. The van der Waals surface area contributed by atoms with Crippen molar-refractivity contribution < 1.29 is 19.4 Å². The van der Waals surface area contributed by atoms with Crippen molar-refractivity contribution in [1.29, 1.82) is 0 Å². The largest absolute Gasteiger partial charge is 0.480 e. The molecule has 0 aliphatic rings. The van der Waals surface area contributed by atoms with Crippen molar-refractivity contribution in [2.24, 2.45) is 0 Å². The van der Waals surface area contributed by atoms with Crippen molar-refractivity contribution in [2.75, 3.05) is 11.4 Å². The summed E-state index contributed by atoms with van der Waals surface area (Å²) in [6, 6.07) is 6.38. The van der Waals surface area contributed by atoms with Gasteiger partial charge in [0.15, 0.2) is 0 Å². The minimum absolute atomic E-state index is 0.379. The number of rotatable bonds is 3. The molecule has 0 aromatic heterocycles. The molecule has 0 unspecified atom stereocenters. The highest BCUT2D eigenvalue weighted by Gasteiger charge is 2.25. The van der Waals surface area contributed by atoms with Crippen LogP contribution in [0.4, 0.5) is 10.5 Å². The fourth-order valence-corrected chi connectivity index (χ4v) is 1.54. The van der Waals surface area contributed by atoms with Crippen molar-refractivity contribution >= 4 is 29.4 Å². The van der Waals surface area contributed by atoms with Gasteiger partial charge in [0.05, 0.1) is 0 Å². The van der Waals surface area contributed by atoms with Crippen LogP contribution in [0, 0.1) is 0 Å². The number of ether oxygens (including phenoxy) is 1. The summed E-state index contributed by atoms with van der Waals surface area (Å²) in [5, 5.41) is 9.29. The lowest BCUT2D eigenvalue weighted by Crippen LogP contribution is -2.40. The van der Waals surface area contributed by atoms with Gasteiger partial charge in [-0.1, -0.05) is 17.7 Å². The summed E-state index contributed by atoms with van der Waals surface area (Å²) in [5.74, 6) is -1.13. The smallest absolute Gasteiger partial charge is 0.415 e. The molecule has 1 aromatic carbocycles. The number of hydrogen-bond donors (Lipinski definition) is 1. The maximum Gasteiger partial charge on any atom is 0.415 e. The lowest BCUT2D eigenvalue weighted by Gasteiger charge is -2.26. The Balaban J connectivity index is 3.01. The zero-order valence-corrected chi connectivity index (χ0v) is 11.8. The highest BCUT2D eigenvalue weighted by molar-refractivity contribution is 6.30. The Bertz CT molecular complexity index is 482. The number of carbonyl (C=O) groups excluding carboxylic acids is 1. The first-order valence-electron chi connectivity index (χ1n) is 5.67. The number of halogens is 1. The Morgan fingerprint density at radius 2 is 2.00 bits per heavy atom. The van der Waals surface area contributed by atoms with Crippen LogP contribution in [0.3, 0.4) is 0 Å². The number of carboxylic acids is 1. The van der Waals surface area contributed by atoms with Gasteiger partial charge in [-0.25, -0.2) is 4.79 Å².